The van der Waals surface area contributed by atoms with Crippen LogP contribution in [0.2, 0.25) is 0 Å². The van der Waals surface area contributed by atoms with E-state index < -0.39 is 48.7 Å². The molecular weight excluding hydrogens is 348 g/mol. The van der Waals surface area contributed by atoms with Gasteiger partial charge in [-0.05, 0) is 23.8 Å². The first-order valence-corrected chi connectivity index (χ1v) is 7.74. The molecule has 0 amide bonds. The molecule has 0 bridgehead atoms. The summed E-state index contributed by atoms with van der Waals surface area (Å²) < 4.78 is 9.92. The molecule has 142 valence electrons. The number of carboxylic acids is 1. The van der Waals surface area contributed by atoms with E-state index >= 15 is 0 Å². The number of carboxylic acid groups (broad SMARTS) is 1. The van der Waals surface area contributed by atoms with E-state index in [4.69, 9.17) is 14.6 Å². The van der Waals surface area contributed by atoms with Gasteiger partial charge in [0.15, 0.2) is 17.1 Å². The second-order valence-corrected chi connectivity index (χ2v) is 6.04. The lowest BCUT2D eigenvalue weighted by Gasteiger charge is -2.39. The Hall–Kier alpha value is -2.62. The molecule has 1 saturated carbocycles. The number of carbonyl (C=O) groups excluding carboxylic acids is 1. The molecule has 26 heavy (non-hydrogen) atoms. The molecule has 0 aliphatic heterocycles. The van der Waals surface area contributed by atoms with Crippen LogP contribution < -0.4 is 4.74 Å². The molecule has 1 aromatic rings. The second kappa shape index (κ2) is 7.73. The number of aliphatic hydroxyl groups is 3. The van der Waals surface area contributed by atoms with Gasteiger partial charge in [-0.25, -0.2) is 9.59 Å². The number of aromatic hydroxyl groups is 1. The van der Waals surface area contributed by atoms with E-state index in [0.717, 1.165) is 6.08 Å². The number of aliphatic hydroxyl groups excluding tert-OH is 2. The Bertz CT molecular complexity index is 714. The van der Waals surface area contributed by atoms with E-state index in [1.807, 2.05) is 0 Å². The van der Waals surface area contributed by atoms with Gasteiger partial charge in [0, 0.05) is 18.9 Å². The lowest BCUT2D eigenvalue weighted by molar-refractivity contribution is -0.196. The normalized spacial score (nSPS) is 28.7. The molecule has 1 aromatic carbocycles. The van der Waals surface area contributed by atoms with E-state index in [1.165, 1.54) is 31.4 Å². The highest BCUT2D eigenvalue weighted by atomic mass is 16.6. The first kappa shape index (κ1) is 19.7. The highest BCUT2D eigenvalue weighted by molar-refractivity contribution is 5.87. The van der Waals surface area contributed by atoms with Gasteiger partial charge in [0.1, 0.15) is 12.2 Å². The van der Waals surface area contributed by atoms with E-state index in [9.17, 15) is 30.0 Å². The van der Waals surface area contributed by atoms with Gasteiger partial charge in [0.05, 0.1) is 13.2 Å². The van der Waals surface area contributed by atoms with Crippen LogP contribution in [0, 0.1) is 0 Å². The zero-order chi connectivity index (χ0) is 19.5. The molecule has 1 aliphatic rings. The molecule has 0 saturated heterocycles. The van der Waals surface area contributed by atoms with Crippen LogP contribution in [0.4, 0.5) is 0 Å². The number of esters is 1. The van der Waals surface area contributed by atoms with Crippen LogP contribution in [0.15, 0.2) is 24.3 Å². The summed E-state index contributed by atoms with van der Waals surface area (Å²) in [5.74, 6) is -2.34. The lowest BCUT2D eigenvalue weighted by atomic mass is 9.79. The summed E-state index contributed by atoms with van der Waals surface area (Å²) in [7, 11) is 1.37. The maximum atomic E-state index is 11.9. The molecule has 4 atom stereocenters. The van der Waals surface area contributed by atoms with Gasteiger partial charge in [-0.3, -0.25) is 0 Å². The fraction of sp³-hybridized carbons (Fsp3) is 0.412. The molecule has 9 nitrogen and oxygen atoms in total. The van der Waals surface area contributed by atoms with Gasteiger partial charge >= 0.3 is 11.9 Å². The van der Waals surface area contributed by atoms with Crippen molar-refractivity contribution in [2.45, 2.75) is 36.8 Å². The summed E-state index contributed by atoms with van der Waals surface area (Å²) in [5, 5.41) is 48.2. The van der Waals surface area contributed by atoms with E-state index in [1.54, 1.807) is 0 Å². The number of phenolic OH excluding ortho intramolecular Hbond substituents is 1. The summed E-state index contributed by atoms with van der Waals surface area (Å²) in [6.45, 7) is 0. The molecule has 0 aromatic heterocycles. The first-order chi connectivity index (χ1) is 12.2. The number of hydrogen-bond acceptors (Lipinski definition) is 8. The van der Waals surface area contributed by atoms with Crippen molar-refractivity contribution in [2.24, 2.45) is 0 Å². The second-order valence-electron chi connectivity index (χ2n) is 6.04. The van der Waals surface area contributed by atoms with Crippen molar-refractivity contribution in [2.75, 3.05) is 7.11 Å². The number of benzene rings is 1. The van der Waals surface area contributed by atoms with Crippen LogP contribution in [0.25, 0.3) is 6.08 Å². The number of aliphatic carboxylic acids is 1. The van der Waals surface area contributed by atoms with Crippen LogP contribution in [-0.4, -0.2) is 68.5 Å². The van der Waals surface area contributed by atoms with Gasteiger partial charge in [0.25, 0.3) is 0 Å². The number of rotatable bonds is 5. The largest absolute Gasteiger partial charge is 0.504 e. The van der Waals surface area contributed by atoms with Gasteiger partial charge < -0.3 is 35.0 Å². The smallest absolute Gasteiger partial charge is 0.335 e. The molecule has 2 rings (SSSR count). The highest BCUT2D eigenvalue weighted by Gasteiger charge is 2.50. The molecule has 9 heteroatoms. The summed E-state index contributed by atoms with van der Waals surface area (Å²) in [4.78, 5) is 23.1. The minimum Gasteiger partial charge on any atom is -0.504 e. The predicted molar refractivity (Wildman–Crippen MR) is 87.4 cm³/mol. The van der Waals surface area contributed by atoms with Gasteiger partial charge in [-0.15, -0.1) is 0 Å². The van der Waals surface area contributed by atoms with Crippen molar-refractivity contribution < 1.29 is 44.6 Å². The molecule has 0 spiro atoms. The Balaban J connectivity index is 2.07. The number of hydrogen-bond donors (Lipinski definition) is 5. The Morgan fingerprint density at radius 1 is 1.27 bits per heavy atom. The average Bonchev–Trinajstić information content (AvgIpc) is 2.58. The van der Waals surface area contributed by atoms with Crippen LogP contribution in [0.5, 0.6) is 11.5 Å². The number of carbonyl (C=O) groups is 2. The SMILES string of the molecule is COc1cc(C=CC(=O)O[C@H]2C[C@](O)(C(=O)O)C[C@@H](O)[C@H]2O)ccc1O. The Labute approximate surface area is 148 Å². The van der Waals surface area contributed by atoms with Crippen LogP contribution in [0.3, 0.4) is 0 Å². The monoisotopic (exact) mass is 368 g/mol. The maximum absolute atomic E-state index is 11.9. The number of ether oxygens (including phenoxy) is 2. The van der Waals surface area contributed by atoms with Gasteiger partial charge in [-0.2, -0.15) is 0 Å². The molecular formula is C17H20O9. The fourth-order valence-corrected chi connectivity index (χ4v) is 2.69. The molecule has 1 fully saturated rings. The average molecular weight is 368 g/mol. The number of methoxy groups -OCH3 is 1. The predicted octanol–water partition coefficient (Wildman–Crippen LogP) is -0.343. The highest BCUT2D eigenvalue weighted by Crippen LogP contribution is 2.31. The summed E-state index contributed by atoms with van der Waals surface area (Å²) in [5.41, 5.74) is -1.78. The maximum Gasteiger partial charge on any atom is 0.335 e. The van der Waals surface area contributed by atoms with E-state index in [-0.39, 0.29) is 11.5 Å². The van der Waals surface area contributed by atoms with Crippen molar-refractivity contribution in [3.8, 4) is 11.5 Å². The molecule has 0 radical (unpaired) electrons. The van der Waals surface area contributed by atoms with Crippen molar-refractivity contribution >= 4 is 18.0 Å². The molecule has 5 N–H and O–H groups in total. The molecule has 0 heterocycles. The third kappa shape index (κ3) is 4.31. The van der Waals surface area contributed by atoms with Crippen LogP contribution in [0.1, 0.15) is 18.4 Å². The summed E-state index contributed by atoms with van der Waals surface area (Å²) in [6, 6.07) is 4.36. The van der Waals surface area contributed by atoms with Gasteiger partial charge in [0.2, 0.25) is 0 Å². The quantitative estimate of drug-likeness (QED) is 0.347. The van der Waals surface area contributed by atoms with Crippen molar-refractivity contribution in [3.05, 3.63) is 29.8 Å². The van der Waals surface area contributed by atoms with Gasteiger partial charge in [-0.1, -0.05) is 6.07 Å². The minimum atomic E-state index is -2.29. The minimum absolute atomic E-state index is 0.0699. The van der Waals surface area contributed by atoms with Crippen molar-refractivity contribution in [1.82, 2.24) is 0 Å². The third-order valence-electron chi connectivity index (χ3n) is 4.14. The molecule has 0 unspecified atom stereocenters. The number of phenols is 1. The fourth-order valence-electron chi connectivity index (χ4n) is 2.69. The Morgan fingerprint density at radius 3 is 2.58 bits per heavy atom. The van der Waals surface area contributed by atoms with Crippen LogP contribution in [-0.2, 0) is 14.3 Å². The van der Waals surface area contributed by atoms with Crippen molar-refractivity contribution in [3.63, 3.8) is 0 Å². The third-order valence-corrected chi connectivity index (χ3v) is 4.14. The Kier molecular flexibility index (Phi) is 5.86. The molecule has 1 aliphatic carbocycles. The first-order valence-electron chi connectivity index (χ1n) is 7.74. The summed E-state index contributed by atoms with van der Waals surface area (Å²) in [6.07, 6.45) is -3.17. The van der Waals surface area contributed by atoms with E-state index in [0.29, 0.717) is 5.56 Å². The lowest BCUT2D eigenvalue weighted by Crippen LogP contribution is -2.57. The van der Waals surface area contributed by atoms with Crippen molar-refractivity contribution in [1.29, 1.82) is 0 Å². The zero-order valence-corrected chi connectivity index (χ0v) is 13.9. The van der Waals surface area contributed by atoms with E-state index in [2.05, 4.69) is 0 Å². The standard InChI is InChI=1S/C17H20O9/c1-25-12-6-9(2-4-10(12)18)3-5-14(20)26-13-8-17(24,16(22)23)7-11(19)15(13)21/h2-6,11,13,15,18-19,21,24H,7-8H2,1H3,(H,22,23)/t11-,13+,15-,17+/m1/s1. The zero-order valence-electron chi connectivity index (χ0n) is 13.9. The topological polar surface area (TPSA) is 154 Å². The summed E-state index contributed by atoms with van der Waals surface area (Å²) >= 11 is 0. The van der Waals surface area contributed by atoms with Crippen LogP contribution >= 0.6 is 0 Å². The Morgan fingerprint density at radius 2 is 1.96 bits per heavy atom.